The number of nitrogens with two attached hydrogens (primary N) is 1. The van der Waals surface area contributed by atoms with E-state index in [0.717, 1.165) is 16.1 Å². The standard InChI is InChI=1S/C22H18F4N6O2/c1-30(11-33)32(10-13-3-5-14(8-17(13)23)22(24,25)26)21(34)12-4-6-18-15(7-12)19-16(20(27)29-18)9-28-31(19)2/h3-9,11H,10H2,1-2H3,(H2,27,29). The highest BCUT2D eigenvalue weighted by Gasteiger charge is 2.31. The fraction of sp³-hybridized carbons (Fsp3) is 0.182. The van der Waals surface area contributed by atoms with Crippen LogP contribution in [0.2, 0.25) is 0 Å². The van der Waals surface area contributed by atoms with E-state index in [0.29, 0.717) is 40.3 Å². The molecule has 0 unspecified atom stereocenters. The Morgan fingerprint density at radius 2 is 1.91 bits per heavy atom. The third-order valence-corrected chi connectivity index (χ3v) is 5.42. The molecule has 0 bridgehead atoms. The molecular formula is C22H18F4N6O2. The van der Waals surface area contributed by atoms with Crippen LogP contribution in [0.15, 0.2) is 42.6 Å². The van der Waals surface area contributed by atoms with Gasteiger partial charge in [-0.05, 0) is 30.3 Å². The first-order valence-corrected chi connectivity index (χ1v) is 9.87. The molecule has 0 radical (unpaired) electrons. The molecule has 2 aromatic carbocycles. The summed E-state index contributed by atoms with van der Waals surface area (Å²) in [4.78, 5) is 29.1. The SMILES string of the molecule is CN(C=O)N(Cc1ccc(C(F)(F)F)cc1F)C(=O)c1ccc2nc(N)c3cnn(C)c3c2c1. The van der Waals surface area contributed by atoms with Crippen LogP contribution in [0, 0.1) is 5.82 Å². The molecule has 176 valence electrons. The van der Waals surface area contributed by atoms with Gasteiger partial charge < -0.3 is 5.73 Å². The number of aromatic nitrogens is 3. The summed E-state index contributed by atoms with van der Waals surface area (Å²) in [6.45, 7) is -0.475. The molecule has 0 fully saturated rings. The van der Waals surface area contributed by atoms with Gasteiger partial charge in [-0.2, -0.15) is 18.3 Å². The molecule has 34 heavy (non-hydrogen) atoms. The molecule has 0 saturated carbocycles. The number of nitrogen functional groups attached to an aromatic ring is 1. The summed E-state index contributed by atoms with van der Waals surface area (Å²) in [5, 5.41) is 7.15. The summed E-state index contributed by atoms with van der Waals surface area (Å²) in [7, 11) is 2.98. The van der Waals surface area contributed by atoms with Crippen LogP contribution in [0.3, 0.4) is 0 Å². The van der Waals surface area contributed by atoms with Gasteiger partial charge in [-0.15, -0.1) is 0 Å². The molecule has 2 heterocycles. The van der Waals surface area contributed by atoms with E-state index in [1.165, 1.54) is 13.1 Å². The molecule has 2 N–H and O–H groups in total. The number of rotatable bonds is 5. The number of amides is 2. The van der Waals surface area contributed by atoms with E-state index in [4.69, 9.17) is 5.73 Å². The van der Waals surface area contributed by atoms with Crippen molar-refractivity contribution in [2.24, 2.45) is 7.05 Å². The number of fused-ring (bicyclic) bond motifs is 3. The van der Waals surface area contributed by atoms with Gasteiger partial charge in [0.05, 0.1) is 34.7 Å². The minimum absolute atomic E-state index is 0.141. The summed E-state index contributed by atoms with van der Waals surface area (Å²) in [6.07, 6.45) is -2.83. The van der Waals surface area contributed by atoms with Crippen molar-refractivity contribution >= 4 is 39.9 Å². The zero-order valence-corrected chi connectivity index (χ0v) is 18.0. The molecule has 2 amide bonds. The summed E-state index contributed by atoms with van der Waals surface area (Å²) in [5.41, 5.74) is 5.93. The van der Waals surface area contributed by atoms with Gasteiger partial charge in [0.1, 0.15) is 11.6 Å². The largest absolute Gasteiger partial charge is 0.416 e. The second-order valence-corrected chi connectivity index (χ2v) is 7.61. The predicted octanol–water partition coefficient (Wildman–Crippen LogP) is 3.51. The second-order valence-electron chi connectivity index (χ2n) is 7.61. The van der Waals surface area contributed by atoms with Gasteiger partial charge in [0, 0.05) is 30.6 Å². The molecule has 4 rings (SSSR count). The molecule has 2 aromatic heterocycles. The van der Waals surface area contributed by atoms with E-state index in [1.54, 1.807) is 30.1 Å². The van der Waals surface area contributed by atoms with Crippen molar-refractivity contribution in [3.05, 3.63) is 65.1 Å². The first-order valence-electron chi connectivity index (χ1n) is 9.87. The van der Waals surface area contributed by atoms with Gasteiger partial charge in [0.25, 0.3) is 5.91 Å². The molecule has 0 aliphatic rings. The quantitative estimate of drug-likeness (QED) is 0.271. The van der Waals surface area contributed by atoms with Gasteiger partial charge in [-0.3, -0.25) is 19.3 Å². The van der Waals surface area contributed by atoms with Crippen LogP contribution in [0.4, 0.5) is 23.4 Å². The van der Waals surface area contributed by atoms with E-state index in [2.05, 4.69) is 10.1 Å². The van der Waals surface area contributed by atoms with Crippen molar-refractivity contribution in [2.45, 2.75) is 12.7 Å². The van der Waals surface area contributed by atoms with E-state index < -0.39 is 30.0 Å². The summed E-state index contributed by atoms with van der Waals surface area (Å²) >= 11 is 0. The number of aryl methyl sites for hydroxylation is 1. The van der Waals surface area contributed by atoms with E-state index in [-0.39, 0.29) is 16.9 Å². The lowest BCUT2D eigenvalue weighted by atomic mass is 10.1. The van der Waals surface area contributed by atoms with Crippen molar-refractivity contribution in [3.63, 3.8) is 0 Å². The van der Waals surface area contributed by atoms with Crippen LogP contribution in [-0.4, -0.2) is 44.1 Å². The van der Waals surface area contributed by atoms with E-state index in [1.807, 2.05) is 0 Å². The molecule has 0 aliphatic carbocycles. The van der Waals surface area contributed by atoms with Gasteiger partial charge in [0.15, 0.2) is 0 Å². The average molecular weight is 474 g/mol. The Balaban J connectivity index is 1.75. The number of nitrogens with zero attached hydrogens (tertiary/aromatic N) is 5. The van der Waals surface area contributed by atoms with Crippen LogP contribution >= 0.6 is 0 Å². The molecule has 0 spiro atoms. The predicted molar refractivity (Wildman–Crippen MR) is 116 cm³/mol. The molecule has 0 atom stereocenters. The Hall–Kier alpha value is -4.22. The number of hydrazine groups is 1. The maximum atomic E-state index is 14.4. The Bertz CT molecular complexity index is 1430. The van der Waals surface area contributed by atoms with Crippen molar-refractivity contribution < 1.29 is 27.2 Å². The first-order chi connectivity index (χ1) is 16.0. The number of anilines is 1. The maximum Gasteiger partial charge on any atom is 0.416 e. The number of pyridine rings is 1. The molecule has 8 nitrogen and oxygen atoms in total. The van der Waals surface area contributed by atoms with Crippen LogP contribution in [0.1, 0.15) is 21.5 Å². The maximum absolute atomic E-state index is 14.4. The molecule has 4 aromatic rings. The van der Waals surface area contributed by atoms with Crippen molar-refractivity contribution in [1.82, 2.24) is 24.8 Å². The topological polar surface area (TPSA) is 97.3 Å². The number of halogens is 4. The minimum Gasteiger partial charge on any atom is -0.383 e. The summed E-state index contributed by atoms with van der Waals surface area (Å²) < 4.78 is 54.6. The third-order valence-electron chi connectivity index (χ3n) is 5.42. The van der Waals surface area contributed by atoms with E-state index >= 15 is 0 Å². The Morgan fingerprint density at radius 1 is 1.18 bits per heavy atom. The molecular weight excluding hydrogens is 456 g/mol. The van der Waals surface area contributed by atoms with E-state index in [9.17, 15) is 27.2 Å². The van der Waals surface area contributed by atoms with Gasteiger partial charge in [0.2, 0.25) is 6.41 Å². The van der Waals surface area contributed by atoms with Gasteiger partial charge >= 0.3 is 6.18 Å². The molecule has 0 saturated heterocycles. The highest BCUT2D eigenvalue weighted by Crippen LogP contribution is 2.31. The summed E-state index contributed by atoms with van der Waals surface area (Å²) in [6, 6.07) is 6.58. The number of benzene rings is 2. The van der Waals surface area contributed by atoms with Crippen LogP contribution in [0.5, 0.6) is 0 Å². The molecule has 12 heteroatoms. The normalized spacial score (nSPS) is 11.7. The number of carbonyl (C=O) groups excluding carboxylic acids is 2. The third kappa shape index (κ3) is 3.98. The number of hydrogen-bond donors (Lipinski definition) is 1. The lowest BCUT2D eigenvalue weighted by molar-refractivity contribution is -0.137. The fourth-order valence-electron chi connectivity index (χ4n) is 3.64. The van der Waals surface area contributed by atoms with Crippen LogP contribution < -0.4 is 5.73 Å². The Morgan fingerprint density at radius 3 is 2.56 bits per heavy atom. The number of alkyl halides is 3. The Kier molecular flexibility index (Phi) is 5.59. The summed E-state index contributed by atoms with van der Waals surface area (Å²) in [5.74, 6) is -1.56. The van der Waals surface area contributed by atoms with Crippen molar-refractivity contribution in [2.75, 3.05) is 12.8 Å². The zero-order valence-electron chi connectivity index (χ0n) is 18.0. The highest BCUT2D eigenvalue weighted by molar-refractivity contribution is 6.10. The lowest BCUT2D eigenvalue weighted by Crippen LogP contribution is -2.43. The van der Waals surface area contributed by atoms with Crippen LogP contribution in [-0.2, 0) is 24.6 Å². The monoisotopic (exact) mass is 474 g/mol. The zero-order chi connectivity index (χ0) is 24.8. The minimum atomic E-state index is -4.71. The number of hydrogen-bond acceptors (Lipinski definition) is 5. The Labute approximate surface area is 190 Å². The number of carbonyl (C=O) groups is 2. The average Bonchev–Trinajstić information content (AvgIpc) is 3.19. The van der Waals surface area contributed by atoms with Crippen LogP contribution in [0.25, 0.3) is 21.8 Å². The highest BCUT2D eigenvalue weighted by atomic mass is 19.4. The fourth-order valence-corrected chi connectivity index (χ4v) is 3.64. The van der Waals surface area contributed by atoms with Gasteiger partial charge in [-0.25, -0.2) is 14.4 Å². The second kappa shape index (κ2) is 8.28. The van der Waals surface area contributed by atoms with Gasteiger partial charge in [-0.1, -0.05) is 6.07 Å². The van der Waals surface area contributed by atoms with Crippen molar-refractivity contribution in [3.8, 4) is 0 Å². The van der Waals surface area contributed by atoms with Crippen molar-refractivity contribution in [1.29, 1.82) is 0 Å². The smallest absolute Gasteiger partial charge is 0.383 e. The lowest BCUT2D eigenvalue weighted by Gasteiger charge is -2.29. The molecule has 0 aliphatic heterocycles. The first kappa shape index (κ1) is 23.0.